The van der Waals surface area contributed by atoms with Crippen molar-refractivity contribution in [2.75, 3.05) is 0 Å². The van der Waals surface area contributed by atoms with Gasteiger partial charge in [-0.1, -0.05) is 31.7 Å². The van der Waals surface area contributed by atoms with E-state index < -0.39 is 5.60 Å². The van der Waals surface area contributed by atoms with Gasteiger partial charge in [0.05, 0.1) is 11.2 Å². The van der Waals surface area contributed by atoms with E-state index in [4.69, 9.17) is 14.0 Å². The third-order valence-electron chi connectivity index (χ3n) is 5.41. The minimum Gasteiger partial charge on any atom is -0.483 e. The van der Waals surface area contributed by atoms with Crippen LogP contribution in [0, 0.1) is 6.92 Å². The van der Waals surface area contributed by atoms with Crippen molar-refractivity contribution < 1.29 is 14.0 Å². The van der Waals surface area contributed by atoms with E-state index in [-0.39, 0.29) is 24.1 Å². The molecule has 1 unspecified atom stereocenters. The largest absolute Gasteiger partial charge is 0.483 e. The molecular formula is C19H29BO3. The first-order valence-corrected chi connectivity index (χ1v) is 8.26. The molecule has 0 N–H and O–H groups in total. The van der Waals surface area contributed by atoms with Crippen LogP contribution in [0.4, 0.5) is 0 Å². The van der Waals surface area contributed by atoms with Crippen LogP contribution < -0.4 is 4.74 Å². The highest BCUT2D eigenvalue weighted by atomic mass is 16.7. The molecule has 0 amide bonds. The quantitative estimate of drug-likeness (QED) is 0.577. The summed E-state index contributed by atoms with van der Waals surface area (Å²) in [4.78, 5) is 0. The molecule has 2 rings (SSSR count). The zero-order valence-corrected chi connectivity index (χ0v) is 15.5. The minimum atomic E-state index is -0.590. The second kappa shape index (κ2) is 5.99. The van der Waals surface area contributed by atoms with Gasteiger partial charge in [-0.15, -0.1) is 0 Å². The van der Waals surface area contributed by atoms with Gasteiger partial charge in [-0.3, -0.25) is 0 Å². The van der Waals surface area contributed by atoms with Crippen molar-refractivity contribution in [1.82, 2.24) is 0 Å². The summed E-state index contributed by atoms with van der Waals surface area (Å²) in [5.41, 5.74) is -0.192. The van der Waals surface area contributed by atoms with Crippen LogP contribution in [0.2, 0.25) is 5.82 Å². The van der Waals surface area contributed by atoms with Gasteiger partial charge in [-0.2, -0.15) is 0 Å². The number of benzene rings is 1. The molecule has 0 spiro atoms. The lowest BCUT2D eigenvalue weighted by molar-refractivity contribution is 0.00578. The van der Waals surface area contributed by atoms with Gasteiger partial charge < -0.3 is 14.0 Å². The van der Waals surface area contributed by atoms with E-state index in [0.717, 1.165) is 11.3 Å². The Morgan fingerprint density at radius 3 is 2.17 bits per heavy atom. The number of ether oxygens (including phenoxy) is 1. The second-order valence-electron chi connectivity index (χ2n) is 7.67. The second-order valence-corrected chi connectivity index (χ2v) is 7.67. The molecule has 2 atom stereocenters. The Labute approximate surface area is 141 Å². The van der Waals surface area contributed by atoms with E-state index in [1.165, 1.54) is 0 Å². The normalized spacial score (nSPS) is 23.2. The predicted molar refractivity (Wildman–Crippen MR) is 95.9 cm³/mol. The Hall–Kier alpha value is -1.26. The number of hydrogen-bond acceptors (Lipinski definition) is 3. The monoisotopic (exact) mass is 316 g/mol. The molecule has 0 aliphatic carbocycles. The van der Waals surface area contributed by atoms with E-state index in [0.29, 0.717) is 0 Å². The fraction of sp³-hybridized carbons (Fsp3) is 0.579. The first-order valence-electron chi connectivity index (χ1n) is 8.26. The molecular weight excluding hydrogens is 287 g/mol. The first-order chi connectivity index (χ1) is 10.5. The molecule has 0 saturated carbocycles. The van der Waals surface area contributed by atoms with E-state index >= 15 is 0 Å². The van der Waals surface area contributed by atoms with Crippen LogP contribution >= 0.6 is 0 Å². The summed E-state index contributed by atoms with van der Waals surface area (Å²) in [6.45, 7) is 18.4. The van der Waals surface area contributed by atoms with Crippen LogP contribution in [0.1, 0.15) is 47.1 Å². The molecule has 0 aromatic heterocycles. The van der Waals surface area contributed by atoms with Crippen molar-refractivity contribution in [3.05, 3.63) is 42.5 Å². The smallest absolute Gasteiger partial charge is 0.465 e. The van der Waals surface area contributed by atoms with Crippen molar-refractivity contribution in [3.8, 4) is 5.75 Å². The van der Waals surface area contributed by atoms with Crippen LogP contribution in [0.3, 0.4) is 0 Å². The van der Waals surface area contributed by atoms with E-state index in [1.807, 2.05) is 44.2 Å². The number of aryl methyl sites for hydroxylation is 1. The van der Waals surface area contributed by atoms with Gasteiger partial charge >= 0.3 is 7.12 Å². The number of rotatable bonds is 5. The van der Waals surface area contributed by atoms with E-state index in [2.05, 4.69) is 41.2 Å². The Morgan fingerprint density at radius 2 is 1.70 bits per heavy atom. The van der Waals surface area contributed by atoms with Gasteiger partial charge in [-0.25, -0.2) is 0 Å². The molecule has 0 radical (unpaired) electrons. The Bertz CT molecular complexity index is 566. The topological polar surface area (TPSA) is 27.7 Å². The third kappa shape index (κ3) is 3.34. The molecule has 0 bridgehead atoms. The zero-order chi connectivity index (χ0) is 17.5. The molecule has 23 heavy (non-hydrogen) atoms. The average molecular weight is 316 g/mol. The molecule has 4 heteroatoms. The average Bonchev–Trinajstić information content (AvgIpc) is 2.69. The fourth-order valence-electron chi connectivity index (χ4n) is 2.59. The Kier molecular flexibility index (Phi) is 4.71. The highest BCUT2D eigenvalue weighted by Crippen LogP contribution is 2.44. The SMILES string of the molecule is C=CC(C)(Oc1ccccc1C)[C@H](C)B1OC(C)(C)C(C)(C)O1. The molecule has 1 saturated heterocycles. The summed E-state index contributed by atoms with van der Waals surface area (Å²) in [6, 6.07) is 8.00. The van der Waals surface area contributed by atoms with Crippen LogP contribution in [0.5, 0.6) is 5.75 Å². The molecule has 1 aliphatic rings. The summed E-state index contributed by atoms with van der Waals surface area (Å²) in [5.74, 6) is 0.846. The maximum atomic E-state index is 6.31. The lowest BCUT2D eigenvalue weighted by Crippen LogP contribution is -2.43. The Morgan fingerprint density at radius 1 is 1.17 bits per heavy atom. The molecule has 1 fully saturated rings. The summed E-state index contributed by atoms with van der Waals surface area (Å²) < 4.78 is 18.7. The fourth-order valence-corrected chi connectivity index (χ4v) is 2.59. The van der Waals surface area contributed by atoms with Gasteiger partial charge in [0.1, 0.15) is 11.4 Å². The minimum absolute atomic E-state index is 0.0133. The third-order valence-corrected chi connectivity index (χ3v) is 5.41. The van der Waals surface area contributed by atoms with Gasteiger partial charge in [-0.05, 0) is 59.2 Å². The molecule has 3 nitrogen and oxygen atoms in total. The van der Waals surface area contributed by atoms with Crippen molar-refractivity contribution in [1.29, 1.82) is 0 Å². The van der Waals surface area contributed by atoms with Gasteiger partial charge in [0, 0.05) is 5.82 Å². The lowest BCUT2D eigenvalue weighted by Gasteiger charge is -2.35. The molecule has 1 heterocycles. The van der Waals surface area contributed by atoms with Crippen LogP contribution in [-0.4, -0.2) is 23.9 Å². The van der Waals surface area contributed by atoms with E-state index in [1.54, 1.807) is 0 Å². The molecule has 126 valence electrons. The van der Waals surface area contributed by atoms with Crippen LogP contribution in [0.15, 0.2) is 36.9 Å². The lowest BCUT2D eigenvalue weighted by atomic mass is 9.64. The van der Waals surface area contributed by atoms with Crippen LogP contribution in [-0.2, 0) is 9.31 Å². The molecule has 1 aliphatic heterocycles. The number of hydrogen-bond donors (Lipinski definition) is 0. The summed E-state index contributed by atoms with van der Waals surface area (Å²) in [5, 5.41) is 0. The highest BCUT2D eigenvalue weighted by Gasteiger charge is 2.56. The zero-order valence-electron chi connectivity index (χ0n) is 15.5. The van der Waals surface area contributed by atoms with Crippen molar-refractivity contribution in [2.24, 2.45) is 0 Å². The summed E-state index contributed by atoms with van der Waals surface area (Å²) in [7, 11) is -0.341. The summed E-state index contributed by atoms with van der Waals surface area (Å²) >= 11 is 0. The van der Waals surface area contributed by atoms with Gasteiger partial charge in [0.2, 0.25) is 0 Å². The highest BCUT2D eigenvalue weighted by molar-refractivity contribution is 6.47. The number of para-hydroxylation sites is 1. The maximum absolute atomic E-state index is 6.31. The predicted octanol–water partition coefficient (Wildman–Crippen LogP) is 4.80. The standard InChI is InChI=1S/C19H29BO3/c1-9-19(8,21-16-13-11-10-12-14(16)2)15(3)20-22-17(4,5)18(6,7)23-20/h9-13,15H,1H2,2-8H3/t15-,19?/m0/s1. The molecule has 1 aromatic carbocycles. The van der Waals surface area contributed by atoms with Gasteiger partial charge in [0.25, 0.3) is 0 Å². The maximum Gasteiger partial charge on any atom is 0.465 e. The van der Waals surface area contributed by atoms with Crippen molar-refractivity contribution in [3.63, 3.8) is 0 Å². The first kappa shape index (κ1) is 18.1. The van der Waals surface area contributed by atoms with Crippen molar-refractivity contribution >= 4 is 7.12 Å². The summed E-state index contributed by atoms with van der Waals surface area (Å²) in [6.07, 6.45) is 1.84. The molecule has 1 aromatic rings. The Balaban J connectivity index is 2.23. The van der Waals surface area contributed by atoms with E-state index in [9.17, 15) is 0 Å². The van der Waals surface area contributed by atoms with Gasteiger partial charge in [0.15, 0.2) is 0 Å². The van der Waals surface area contributed by atoms with Crippen LogP contribution in [0.25, 0.3) is 0 Å². The van der Waals surface area contributed by atoms with Crippen molar-refractivity contribution in [2.45, 2.75) is 71.1 Å².